The van der Waals surface area contributed by atoms with Crippen molar-refractivity contribution < 1.29 is 58.2 Å². The highest BCUT2D eigenvalue weighted by molar-refractivity contribution is 6.39. The van der Waals surface area contributed by atoms with Gasteiger partial charge in [-0.15, -0.1) is 0 Å². The van der Waals surface area contributed by atoms with Crippen LogP contribution in [0.3, 0.4) is 0 Å². The average Bonchev–Trinajstić information content (AvgIpc) is 3.28. The Kier molecular flexibility index (Phi) is 21.2. The van der Waals surface area contributed by atoms with E-state index >= 15 is 0 Å². The van der Waals surface area contributed by atoms with Crippen molar-refractivity contribution in [1.29, 1.82) is 0 Å². The number of carbonyl (C=O) groups is 5. The number of hydrogen-bond donors (Lipinski definition) is 3. The van der Waals surface area contributed by atoms with E-state index in [9.17, 15) is 39.3 Å². The smallest absolute Gasteiger partial charge is 0.296 e. The molecule has 2 saturated heterocycles. The summed E-state index contributed by atoms with van der Waals surface area (Å²) in [5.74, 6) is -7.12. The highest BCUT2D eigenvalue weighted by Crippen LogP contribution is 2.39. The summed E-state index contributed by atoms with van der Waals surface area (Å²) in [5, 5.41) is 33.9. The number of carbonyl (C=O) groups excluding carboxylic acids is 5. The van der Waals surface area contributed by atoms with E-state index < -0.39 is 77.7 Å². The number of amides is 1. The van der Waals surface area contributed by atoms with Crippen LogP contribution in [0.5, 0.6) is 0 Å². The molecule has 3 fully saturated rings. The monoisotopic (exact) mass is 912 g/mol. The van der Waals surface area contributed by atoms with Gasteiger partial charge in [0, 0.05) is 64.9 Å². The molecule has 3 N–H and O–H groups in total. The van der Waals surface area contributed by atoms with E-state index in [2.05, 4.69) is 0 Å². The zero-order valence-electron chi connectivity index (χ0n) is 40.9. The van der Waals surface area contributed by atoms with Gasteiger partial charge in [-0.3, -0.25) is 24.0 Å². The minimum Gasteiger partial charge on any atom is -0.390 e. The van der Waals surface area contributed by atoms with E-state index in [0.717, 1.165) is 12.0 Å². The third kappa shape index (κ3) is 14.4. The van der Waals surface area contributed by atoms with Gasteiger partial charge in [-0.2, -0.15) is 0 Å². The molecule has 366 valence electrons. The topological polar surface area (TPSA) is 186 Å². The van der Waals surface area contributed by atoms with Crippen molar-refractivity contribution in [3.05, 3.63) is 47.6 Å². The number of hydrogen-bond acceptors (Lipinski definition) is 12. The molecule has 1 aliphatic carbocycles. The Bertz CT molecular complexity index is 1750. The molecule has 3 aliphatic heterocycles. The van der Waals surface area contributed by atoms with Gasteiger partial charge in [0.1, 0.15) is 18.0 Å². The van der Waals surface area contributed by atoms with Gasteiger partial charge < -0.3 is 39.2 Å². The molecule has 0 radical (unpaired) electrons. The first-order valence-corrected chi connectivity index (χ1v) is 24.2. The Labute approximate surface area is 388 Å². The lowest BCUT2D eigenvalue weighted by Gasteiger charge is -2.43. The third-order valence-corrected chi connectivity index (χ3v) is 15.0. The normalized spacial score (nSPS) is 40.5. The second kappa shape index (κ2) is 25.3. The Morgan fingerprint density at radius 2 is 1.52 bits per heavy atom. The lowest BCUT2D eigenvalue weighted by atomic mass is 9.74. The molecule has 65 heavy (non-hydrogen) atoms. The molecule has 1 amide bonds. The van der Waals surface area contributed by atoms with E-state index in [0.29, 0.717) is 69.8 Å². The first-order chi connectivity index (χ1) is 30.7. The number of ketones is 4. The largest absolute Gasteiger partial charge is 0.390 e. The van der Waals surface area contributed by atoms with Gasteiger partial charge in [-0.1, -0.05) is 71.1 Å². The molecule has 1 saturated carbocycles. The van der Waals surface area contributed by atoms with E-state index in [1.54, 1.807) is 41.1 Å². The lowest BCUT2D eigenvalue weighted by molar-refractivity contribution is -0.265. The summed E-state index contributed by atoms with van der Waals surface area (Å²) in [4.78, 5) is 72.3. The zero-order valence-corrected chi connectivity index (χ0v) is 40.9. The van der Waals surface area contributed by atoms with E-state index in [1.807, 2.05) is 58.1 Å². The van der Waals surface area contributed by atoms with Gasteiger partial charge >= 0.3 is 0 Å². The molecule has 2 bridgehead atoms. The van der Waals surface area contributed by atoms with Gasteiger partial charge in [0.15, 0.2) is 11.6 Å². The SMILES string of the molecule is CO[C@H]1C[C@@H]2CC[C@@H](C)[C@@](O)(O2)C(=O)C(=O)N2CCCCC2C(=O)CC([C@H](C)CC2CC[C@@H](O)[C@H](OC)C2)CC(=O)[C@H](C)/C=C(\C)[C@@H](O)[C@@H](OC)C(=O)[C@H](C)C[C@H](C)/C=C/C=C/C=C/1C. The number of nitrogens with zero attached hydrogens (tertiary/aromatic N) is 1. The predicted octanol–water partition coefficient (Wildman–Crippen LogP) is 6.84. The van der Waals surface area contributed by atoms with Gasteiger partial charge in [0.2, 0.25) is 5.79 Å². The maximum absolute atomic E-state index is 14.6. The van der Waals surface area contributed by atoms with Crippen molar-refractivity contribution in [3.63, 3.8) is 0 Å². The number of fused-ring (bicyclic) bond motifs is 3. The molecule has 0 aromatic rings. The summed E-state index contributed by atoms with van der Waals surface area (Å²) in [6.07, 6.45) is 13.2. The molecule has 15 atom stereocenters. The molecule has 4 aliphatic rings. The molecule has 13 nitrogen and oxygen atoms in total. The number of aliphatic hydroxyl groups excluding tert-OH is 2. The maximum atomic E-state index is 14.6. The standard InChI is InChI=1S/C52H81NO12/c1-31-16-12-11-13-17-32(2)45(62-8)30-40-21-19-37(7)52(61,65-40)50(59)51(60)53-23-15-14-18-41(53)44(56)29-39(33(3)26-38-20-22-42(54)46(27-38)63-9)28-43(55)34(4)25-36(6)48(58)49(64-10)47(57)35(5)24-31/h11-13,16-17,25,31,33-35,37-42,45-46,48-49,54,58,61H,14-15,18-24,26-30H2,1-10H3/b13-11+,16-12+,32-17+,36-25+/t31-,33-,34-,35-,37-,38?,39?,40+,41?,42-,45+,46-,48-,49+,52-/m1/s1. The van der Waals surface area contributed by atoms with Gasteiger partial charge in [-0.05, 0) is 113 Å². The first kappa shape index (κ1) is 54.4. The number of rotatable bonds is 6. The summed E-state index contributed by atoms with van der Waals surface area (Å²) in [6.45, 7) is 13.1. The molecule has 13 heteroatoms. The van der Waals surface area contributed by atoms with Gasteiger partial charge in [-0.25, -0.2) is 0 Å². The zero-order chi connectivity index (χ0) is 48.2. The molecular formula is C52H81NO12. The van der Waals surface area contributed by atoms with Crippen LogP contribution < -0.4 is 0 Å². The number of allylic oxidation sites excluding steroid dienone is 6. The van der Waals surface area contributed by atoms with Gasteiger partial charge in [0.25, 0.3) is 11.7 Å². The Hall–Kier alpha value is -3.17. The van der Waals surface area contributed by atoms with Crippen LogP contribution in [0, 0.1) is 41.4 Å². The second-order valence-electron chi connectivity index (χ2n) is 20.0. The molecule has 0 spiro atoms. The average molecular weight is 912 g/mol. The van der Waals surface area contributed by atoms with Gasteiger partial charge in [0.05, 0.1) is 30.5 Å². The van der Waals surface area contributed by atoms with Crippen molar-refractivity contribution in [3.8, 4) is 0 Å². The highest BCUT2D eigenvalue weighted by Gasteiger charge is 2.53. The summed E-state index contributed by atoms with van der Waals surface area (Å²) in [6, 6.07) is -0.917. The number of ether oxygens (including phenoxy) is 4. The van der Waals surface area contributed by atoms with Crippen LogP contribution in [0.2, 0.25) is 0 Å². The fourth-order valence-corrected chi connectivity index (χ4v) is 10.6. The predicted molar refractivity (Wildman–Crippen MR) is 248 cm³/mol. The van der Waals surface area contributed by atoms with Crippen molar-refractivity contribution >= 4 is 29.0 Å². The van der Waals surface area contributed by atoms with Crippen LogP contribution in [0.25, 0.3) is 0 Å². The molecule has 0 aromatic carbocycles. The number of piperidine rings is 1. The van der Waals surface area contributed by atoms with Crippen molar-refractivity contribution in [2.75, 3.05) is 27.9 Å². The Morgan fingerprint density at radius 3 is 2.20 bits per heavy atom. The fourth-order valence-electron chi connectivity index (χ4n) is 10.6. The number of aliphatic hydroxyl groups is 3. The Balaban J connectivity index is 1.70. The van der Waals surface area contributed by atoms with Crippen molar-refractivity contribution in [1.82, 2.24) is 4.90 Å². The van der Waals surface area contributed by atoms with Crippen LogP contribution in [0.1, 0.15) is 132 Å². The molecule has 4 rings (SSSR count). The second-order valence-corrected chi connectivity index (χ2v) is 20.0. The summed E-state index contributed by atoms with van der Waals surface area (Å²) in [5.41, 5.74) is 1.32. The Morgan fingerprint density at radius 1 is 0.815 bits per heavy atom. The van der Waals surface area contributed by atoms with Crippen LogP contribution in [-0.4, -0.2) is 126 Å². The summed E-state index contributed by atoms with van der Waals surface area (Å²) in [7, 11) is 4.57. The minimum atomic E-state index is -2.39. The third-order valence-electron chi connectivity index (χ3n) is 15.0. The van der Waals surface area contributed by atoms with E-state index in [-0.39, 0.29) is 60.6 Å². The highest BCUT2D eigenvalue weighted by atomic mass is 16.6. The molecule has 3 heterocycles. The number of methoxy groups -OCH3 is 3. The molecule has 3 unspecified atom stereocenters. The summed E-state index contributed by atoms with van der Waals surface area (Å²) < 4.78 is 23.2. The minimum absolute atomic E-state index is 0.0118. The van der Waals surface area contributed by atoms with Crippen LogP contribution in [-0.2, 0) is 42.9 Å². The van der Waals surface area contributed by atoms with Crippen molar-refractivity contribution in [2.24, 2.45) is 41.4 Å². The van der Waals surface area contributed by atoms with Crippen LogP contribution in [0.15, 0.2) is 47.6 Å². The lowest BCUT2D eigenvalue weighted by Crippen LogP contribution is -2.60. The van der Waals surface area contributed by atoms with E-state index in [4.69, 9.17) is 18.9 Å². The van der Waals surface area contributed by atoms with Crippen LogP contribution >= 0.6 is 0 Å². The first-order valence-electron chi connectivity index (χ1n) is 24.2. The van der Waals surface area contributed by atoms with Crippen LogP contribution in [0.4, 0.5) is 0 Å². The maximum Gasteiger partial charge on any atom is 0.296 e. The quantitative estimate of drug-likeness (QED) is 0.186. The van der Waals surface area contributed by atoms with Crippen molar-refractivity contribution in [2.45, 2.75) is 180 Å². The van der Waals surface area contributed by atoms with E-state index in [1.165, 1.54) is 12.0 Å². The summed E-state index contributed by atoms with van der Waals surface area (Å²) >= 11 is 0. The number of Topliss-reactive ketones (excluding diaryl/α,β-unsaturated/α-hetero) is 4. The molecule has 0 aromatic heterocycles. The fraction of sp³-hybridized carbons (Fsp3) is 0.750. The molecular weight excluding hydrogens is 831 g/mol.